The summed E-state index contributed by atoms with van der Waals surface area (Å²) in [5, 5.41) is 2.05. The van der Waals surface area contributed by atoms with Gasteiger partial charge in [-0.2, -0.15) is 0 Å². The SMILES string of the molecule is Cc1nc2sccn2c1C. The number of aryl methyl sites for hydroxylation is 2. The zero-order valence-electron chi connectivity index (χ0n) is 5.96. The molecule has 2 rings (SSSR count). The molecule has 0 bridgehead atoms. The lowest BCUT2D eigenvalue weighted by atomic mass is 10.4. The zero-order valence-corrected chi connectivity index (χ0v) is 6.77. The van der Waals surface area contributed by atoms with Crippen LogP contribution in [-0.2, 0) is 0 Å². The van der Waals surface area contributed by atoms with Crippen molar-refractivity contribution >= 4 is 16.3 Å². The fourth-order valence-electron chi connectivity index (χ4n) is 1.01. The van der Waals surface area contributed by atoms with Gasteiger partial charge in [0.05, 0.1) is 5.69 Å². The predicted molar refractivity (Wildman–Crippen MR) is 42.5 cm³/mol. The fourth-order valence-corrected chi connectivity index (χ4v) is 1.81. The molecular formula is C7H8N2S. The van der Waals surface area contributed by atoms with Crippen molar-refractivity contribution < 1.29 is 0 Å². The molecule has 0 aliphatic carbocycles. The van der Waals surface area contributed by atoms with Crippen LogP contribution in [0.15, 0.2) is 11.6 Å². The van der Waals surface area contributed by atoms with Gasteiger partial charge in [-0.3, -0.25) is 4.40 Å². The molecule has 2 aromatic rings. The average molecular weight is 152 g/mol. The first-order chi connectivity index (χ1) is 4.79. The number of hydrogen-bond donors (Lipinski definition) is 0. The molecule has 10 heavy (non-hydrogen) atoms. The molecule has 0 saturated carbocycles. The Morgan fingerprint density at radius 2 is 2.30 bits per heavy atom. The third kappa shape index (κ3) is 0.609. The largest absolute Gasteiger partial charge is 0.295 e. The molecule has 0 spiro atoms. The monoisotopic (exact) mass is 152 g/mol. The summed E-state index contributed by atoms with van der Waals surface area (Å²) >= 11 is 1.67. The van der Waals surface area contributed by atoms with E-state index in [1.54, 1.807) is 11.3 Å². The second-order valence-corrected chi connectivity index (χ2v) is 3.21. The number of imidazole rings is 1. The number of aromatic nitrogens is 2. The number of nitrogens with zero attached hydrogens (tertiary/aromatic N) is 2. The summed E-state index contributed by atoms with van der Waals surface area (Å²) in [6.07, 6.45) is 2.05. The summed E-state index contributed by atoms with van der Waals surface area (Å²) in [6.45, 7) is 4.12. The molecule has 0 radical (unpaired) electrons. The first kappa shape index (κ1) is 5.92. The van der Waals surface area contributed by atoms with Crippen molar-refractivity contribution in [2.45, 2.75) is 13.8 Å². The Labute approximate surface area is 63.1 Å². The van der Waals surface area contributed by atoms with Gasteiger partial charge in [-0.25, -0.2) is 4.98 Å². The van der Waals surface area contributed by atoms with Crippen LogP contribution < -0.4 is 0 Å². The summed E-state index contributed by atoms with van der Waals surface area (Å²) in [4.78, 5) is 5.45. The third-order valence-electron chi connectivity index (χ3n) is 1.74. The van der Waals surface area contributed by atoms with Gasteiger partial charge in [0.15, 0.2) is 4.96 Å². The minimum atomic E-state index is 1.09. The lowest BCUT2D eigenvalue weighted by molar-refractivity contribution is 1.11. The molecule has 0 aromatic carbocycles. The number of rotatable bonds is 0. The Bertz CT molecular complexity index is 358. The maximum absolute atomic E-state index is 4.35. The Balaban J connectivity index is 2.95. The van der Waals surface area contributed by atoms with E-state index in [0.29, 0.717) is 0 Å². The van der Waals surface area contributed by atoms with Crippen molar-refractivity contribution in [1.29, 1.82) is 0 Å². The maximum atomic E-state index is 4.35. The van der Waals surface area contributed by atoms with Crippen molar-refractivity contribution in [2.75, 3.05) is 0 Å². The van der Waals surface area contributed by atoms with Crippen LogP contribution in [0.5, 0.6) is 0 Å². The summed E-state index contributed by atoms with van der Waals surface area (Å²) in [7, 11) is 0. The lowest BCUT2D eigenvalue weighted by Crippen LogP contribution is -1.80. The normalized spacial score (nSPS) is 11.0. The Hall–Kier alpha value is -0.830. The number of thiazole rings is 1. The highest BCUT2D eigenvalue weighted by molar-refractivity contribution is 7.15. The molecule has 2 heterocycles. The van der Waals surface area contributed by atoms with Crippen LogP contribution >= 0.6 is 11.3 Å². The van der Waals surface area contributed by atoms with Crippen molar-refractivity contribution in [3.8, 4) is 0 Å². The van der Waals surface area contributed by atoms with Gasteiger partial charge in [0.25, 0.3) is 0 Å². The molecule has 0 amide bonds. The highest BCUT2D eigenvalue weighted by atomic mass is 32.1. The van der Waals surface area contributed by atoms with E-state index in [4.69, 9.17) is 0 Å². The van der Waals surface area contributed by atoms with Crippen LogP contribution in [0.3, 0.4) is 0 Å². The van der Waals surface area contributed by atoms with E-state index in [-0.39, 0.29) is 0 Å². The molecule has 0 N–H and O–H groups in total. The van der Waals surface area contributed by atoms with Gasteiger partial charge in [-0.05, 0) is 13.8 Å². The Kier molecular flexibility index (Phi) is 1.08. The lowest BCUT2D eigenvalue weighted by Gasteiger charge is -1.86. The van der Waals surface area contributed by atoms with Crippen LogP contribution in [-0.4, -0.2) is 9.38 Å². The minimum Gasteiger partial charge on any atom is -0.295 e. The van der Waals surface area contributed by atoms with Gasteiger partial charge in [-0.1, -0.05) is 0 Å². The first-order valence-corrected chi connectivity index (χ1v) is 4.06. The van der Waals surface area contributed by atoms with Gasteiger partial charge in [-0.15, -0.1) is 11.3 Å². The van der Waals surface area contributed by atoms with Gasteiger partial charge in [0.2, 0.25) is 0 Å². The number of fused-ring (bicyclic) bond motifs is 1. The summed E-state index contributed by atoms with van der Waals surface area (Å²) in [5.41, 5.74) is 2.38. The van der Waals surface area contributed by atoms with E-state index >= 15 is 0 Å². The van der Waals surface area contributed by atoms with Crippen LogP contribution in [0, 0.1) is 13.8 Å². The molecule has 0 aliphatic rings. The molecule has 0 atom stereocenters. The zero-order chi connectivity index (χ0) is 7.14. The molecule has 52 valence electrons. The summed E-state index contributed by atoms with van der Waals surface area (Å²) in [5.74, 6) is 0. The Morgan fingerprint density at radius 3 is 3.00 bits per heavy atom. The second kappa shape index (κ2) is 1.83. The van der Waals surface area contributed by atoms with E-state index in [1.165, 1.54) is 5.69 Å². The highest BCUT2D eigenvalue weighted by Gasteiger charge is 2.02. The average Bonchev–Trinajstić information content (AvgIpc) is 2.41. The quantitative estimate of drug-likeness (QED) is 0.564. The van der Waals surface area contributed by atoms with Gasteiger partial charge < -0.3 is 0 Å². The molecule has 2 nitrogen and oxygen atoms in total. The van der Waals surface area contributed by atoms with Crippen LogP contribution in [0.4, 0.5) is 0 Å². The van der Waals surface area contributed by atoms with Crippen molar-refractivity contribution in [3.05, 3.63) is 23.0 Å². The van der Waals surface area contributed by atoms with Crippen LogP contribution in [0.1, 0.15) is 11.4 Å². The molecule has 0 saturated heterocycles. The summed E-state index contributed by atoms with van der Waals surface area (Å²) in [6, 6.07) is 0. The third-order valence-corrected chi connectivity index (χ3v) is 2.49. The second-order valence-electron chi connectivity index (χ2n) is 2.34. The van der Waals surface area contributed by atoms with Gasteiger partial charge >= 0.3 is 0 Å². The summed E-state index contributed by atoms with van der Waals surface area (Å²) < 4.78 is 2.11. The van der Waals surface area contributed by atoms with Crippen LogP contribution in [0.2, 0.25) is 0 Å². The smallest absolute Gasteiger partial charge is 0.194 e. The molecule has 0 fully saturated rings. The van der Waals surface area contributed by atoms with Crippen LogP contribution in [0.25, 0.3) is 4.96 Å². The van der Waals surface area contributed by atoms with E-state index < -0.39 is 0 Å². The minimum absolute atomic E-state index is 1.09. The molecular weight excluding hydrogens is 144 g/mol. The fraction of sp³-hybridized carbons (Fsp3) is 0.286. The van der Waals surface area contributed by atoms with E-state index in [0.717, 1.165) is 10.7 Å². The van der Waals surface area contributed by atoms with Crippen molar-refractivity contribution in [2.24, 2.45) is 0 Å². The first-order valence-electron chi connectivity index (χ1n) is 3.18. The maximum Gasteiger partial charge on any atom is 0.194 e. The molecule has 0 unspecified atom stereocenters. The van der Waals surface area contributed by atoms with E-state index in [2.05, 4.69) is 27.9 Å². The van der Waals surface area contributed by atoms with E-state index in [9.17, 15) is 0 Å². The van der Waals surface area contributed by atoms with Crippen molar-refractivity contribution in [3.63, 3.8) is 0 Å². The van der Waals surface area contributed by atoms with Gasteiger partial charge in [0.1, 0.15) is 0 Å². The van der Waals surface area contributed by atoms with Crippen molar-refractivity contribution in [1.82, 2.24) is 9.38 Å². The van der Waals surface area contributed by atoms with Gasteiger partial charge in [0, 0.05) is 17.3 Å². The molecule has 2 aromatic heterocycles. The topological polar surface area (TPSA) is 17.3 Å². The molecule has 0 aliphatic heterocycles. The molecule has 3 heteroatoms. The predicted octanol–water partition coefficient (Wildman–Crippen LogP) is 2.01. The standard InChI is InChI=1S/C7H8N2S/c1-5-6(2)9-3-4-10-7(9)8-5/h3-4H,1-2H3. The Morgan fingerprint density at radius 1 is 1.50 bits per heavy atom. The van der Waals surface area contributed by atoms with E-state index in [1.807, 2.05) is 6.92 Å². The number of hydrogen-bond acceptors (Lipinski definition) is 2. The highest BCUT2D eigenvalue weighted by Crippen LogP contribution is 2.14.